The number of aromatic nitrogens is 3. The molecule has 0 spiro atoms. The molecule has 6 heteroatoms. The van der Waals surface area contributed by atoms with Crippen molar-refractivity contribution in [1.29, 1.82) is 0 Å². The molecular weight excluding hydrogens is 238 g/mol. The molecule has 5 nitrogen and oxygen atoms in total. The van der Waals surface area contributed by atoms with Gasteiger partial charge in [0.2, 0.25) is 0 Å². The summed E-state index contributed by atoms with van der Waals surface area (Å²) in [6.45, 7) is 0.744. The standard InChI is InChI=1S/C11H13N3O2S/c1-17-6-5-14-11-8(7-10(15)16)3-2-4-9(11)12-13-14/h2-4H,5-7H2,1H3,(H,15,16). The van der Waals surface area contributed by atoms with Gasteiger partial charge < -0.3 is 5.11 Å². The molecule has 90 valence electrons. The minimum atomic E-state index is -0.838. The van der Waals surface area contributed by atoms with E-state index in [0.29, 0.717) is 0 Å². The Morgan fingerprint density at radius 1 is 1.53 bits per heavy atom. The zero-order valence-electron chi connectivity index (χ0n) is 9.46. The van der Waals surface area contributed by atoms with Crippen LogP contribution in [0, 0.1) is 0 Å². The van der Waals surface area contributed by atoms with E-state index < -0.39 is 5.97 Å². The lowest BCUT2D eigenvalue weighted by atomic mass is 10.1. The Morgan fingerprint density at radius 2 is 2.35 bits per heavy atom. The van der Waals surface area contributed by atoms with Crippen molar-refractivity contribution < 1.29 is 9.90 Å². The molecular formula is C11H13N3O2S. The van der Waals surface area contributed by atoms with Gasteiger partial charge in [0.15, 0.2) is 0 Å². The number of carboxylic acid groups (broad SMARTS) is 1. The van der Waals surface area contributed by atoms with E-state index in [2.05, 4.69) is 10.3 Å². The maximum absolute atomic E-state index is 10.8. The molecule has 1 N–H and O–H groups in total. The highest BCUT2D eigenvalue weighted by molar-refractivity contribution is 7.98. The van der Waals surface area contributed by atoms with Crippen molar-refractivity contribution in [1.82, 2.24) is 15.0 Å². The van der Waals surface area contributed by atoms with Gasteiger partial charge in [0.05, 0.1) is 18.5 Å². The van der Waals surface area contributed by atoms with Crippen LogP contribution in [0.5, 0.6) is 0 Å². The van der Waals surface area contributed by atoms with Crippen LogP contribution in [0.15, 0.2) is 18.2 Å². The van der Waals surface area contributed by atoms with Gasteiger partial charge in [-0.25, -0.2) is 4.68 Å². The first-order chi connectivity index (χ1) is 8.22. The minimum Gasteiger partial charge on any atom is -0.481 e. The average molecular weight is 251 g/mol. The molecule has 0 saturated heterocycles. The zero-order valence-corrected chi connectivity index (χ0v) is 10.3. The van der Waals surface area contributed by atoms with Crippen molar-refractivity contribution in [2.24, 2.45) is 0 Å². The summed E-state index contributed by atoms with van der Waals surface area (Å²) in [5.41, 5.74) is 2.36. The summed E-state index contributed by atoms with van der Waals surface area (Å²) in [4.78, 5) is 10.8. The van der Waals surface area contributed by atoms with Crippen molar-refractivity contribution in [2.75, 3.05) is 12.0 Å². The van der Waals surface area contributed by atoms with Crippen molar-refractivity contribution in [2.45, 2.75) is 13.0 Å². The largest absolute Gasteiger partial charge is 0.481 e. The summed E-state index contributed by atoms with van der Waals surface area (Å²) < 4.78 is 1.78. The average Bonchev–Trinajstić information content (AvgIpc) is 2.70. The number of nitrogens with zero attached hydrogens (tertiary/aromatic N) is 3. The van der Waals surface area contributed by atoms with Crippen LogP contribution < -0.4 is 0 Å². The van der Waals surface area contributed by atoms with Crippen LogP contribution in [0.1, 0.15) is 5.56 Å². The van der Waals surface area contributed by atoms with E-state index in [1.807, 2.05) is 24.5 Å². The van der Waals surface area contributed by atoms with Gasteiger partial charge in [-0.2, -0.15) is 11.8 Å². The third-order valence-corrected chi connectivity index (χ3v) is 3.06. The second kappa shape index (κ2) is 5.18. The maximum atomic E-state index is 10.8. The number of rotatable bonds is 5. The predicted octanol–water partition coefficient (Wildman–Crippen LogP) is 1.42. The Kier molecular flexibility index (Phi) is 3.63. The summed E-state index contributed by atoms with van der Waals surface area (Å²) in [5, 5.41) is 17.0. The van der Waals surface area contributed by atoms with Gasteiger partial charge in [0, 0.05) is 5.75 Å². The van der Waals surface area contributed by atoms with Gasteiger partial charge in [-0.05, 0) is 17.9 Å². The normalized spacial score (nSPS) is 10.9. The number of thioether (sulfide) groups is 1. The van der Waals surface area contributed by atoms with Gasteiger partial charge >= 0.3 is 5.97 Å². The van der Waals surface area contributed by atoms with E-state index >= 15 is 0 Å². The molecule has 1 aromatic carbocycles. The van der Waals surface area contributed by atoms with Crippen LogP contribution in [0.4, 0.5) is 0 Å². The molecule has 0 radical (unpaired) electrons. The van der Waals surface area contributed by atoms with Crippen LogP contribution >= 0.6 is 11.8 Å². The molecule has 1 heterocycles. The SMILES string of the molecule is CSCCn1nnc2cccc(CC(=O)O)c21. The molecule has 17 heavy (non-hydrogen) atoms. The molecule has 0 amide bonds. The monoisotopic (exact) mass is 251 g/mol. The number of carboxylic acids is 1. The first-order valence-corrected chi connectivity index (χ1v) is 6.63. The van der Waals surface area contributed by atoms with Gasteiger partial charge in [-0.3, -0.25) is 4.79 Å². The van der Waals surface area contributed by atoms with Crippen molar-refractivity contribution >= 4 is 28.8 Å². The van der Waals surface area contributed by atoms with Crippen LogP contribution in [-0.2, 0) is 17.8 Å². The fourth-order valence-corrected chi connectivity index (χ4v) is 2.10. The Morgan fingerprint density at radius 3 is 3.06 bits per heavy atom. The molecule has 0 unspecified atom stereocenters. The fourth-order valence-electron chi connectivity index (χ4n) is 1.74. The smallest absolute Gasteiger partial charge is 0.307 e. The molecule has 2 aromatic rings. The van der Waals surface area contributed by atoms with Crippen molar-refractivity contribution in [3.8, 4) is 0 Å². The van der Waals surface area contributed by atoms with Gasteiger partial charge in [0.1, 0.15) is 5.52 Å². The van der Waals surface area contributed by atoms with E-state index in [9.17, 15) is 4.79 Å². The highest BCUT2D eigenvalue weighted by atomic mass is 32.2. The van der Waals surface area contributed by atoms with Crippen LogP contribution in [0.2, 0.25) is 0 Å². The van der Waals surface area contributed by atoms with E-state index in [0.717, 1.165) is 28.9 Å². The molecule has 0 atom stereocenters. The van der Waals surface area contributed by atoms with Crippen LogP contribution in [-0.4, -0.2) is 38.1 Å². The summed E-state index contributed by atoms with van der Waals surface area (Å²) in [5.74, 6) is 0.0926. The first-order valence-electron chi connectivity index (χ1n) is 5.24. The Balaban J connectivity index is 2.43. The molecule has 0 bridgehead atoms. The van der Waals surface area contributed by atoms with Gasteiger partial charge in [0.25, 0.3) is 0 Å². The second-order valence-electron chi connectivity index (χ2n) is 3.66. The predicted molar refractivity (Wildman–Crippen MR) is 67.2 cm³/mol. The summed E-state index contributed by atoms with van der Waals surface area (Å²) in [6, 6.07) is 5.48. The number of carbonyl (C=O) groups is 1. The Labute approximate surface area is 103 Å². The van der Waals surface area contributed by atoms with Crippen LogP contribution in [0.3, 0.4) is 0 Å². The summed E-state index contributed by atoms with van der Waals surface area (Å²) in [6.07, 6.45) is 2.03. The van der Waals surface area contributed by atoms with E-state index in [4.69, 9.17) is 5.11 Å². The van der Waals surface area contributed by atoms with E-state index in [-0.39, 0.29) is 6.42 Å². The number of hydrogen-bond acceptors (Lipinski definition) is 4. The lowest BCUT2D eigenvalue weighted by Gasteiger charge is -2.04. The number of hydrogen-bond donors (Lipinski definition) is 1. The molecule has 0 saturated carbocycles. The van der Waals surface area contributed by atoms with Crippen LogP contribution in [0.25, 0.3) is 11.0 Å². The molecule has 2 rings (SSSR count). The molecule has 0 aliphatic heterocycles. The topological polar surface area (TPSA) is 68.0 Å². The maximum Gasteiger partial charge on any atom is 0.307 e. The van der Waals surface area contributed by atoms with E-state index in [1.54, 1.807) is 16.4 Å². The van der Waals surface area contributed by atoms with Gasteiger partial charge in [-0.15, -0.1) is 5.10 Å². The zero-order chi connectivity index (χ0) is 12.3. The molecule has 1 aromatic heterocycles. The van der Waals surface area contributed by atoms with Crippen molar-refractivity contribution in [3.05, 3.63) is 23.8 Å². The fraction of sp³-hybridized carbons (Fsp3) is 0.364. The highest BCUT2D eigenvalue weighted by Gasteiger charge is 2.11. The lowest BCUT2D eigenvalue weighted by Crippen LogP contribution is -2.06. The lowest BCUT2D eigenvalue weighted by molar-refractivity contribution is -0.136. The summed E-state index contributed by atoms with van der Waals surface area (Å²) >= 11 is 1.72. The molecule has 0 fully saturated rings. The number of para-hydroxylation sites is 1. The number of fused-ring (bicyclic) bond motifs is 1. The first kappa shape index (κ1) is 11.9. The quantitative estimate of drug-likeness (QED) is 0.870. The number of aliphatic carboxylic acids is 1. The Bertz CT molecular complexity index is 538. The summed E-state index contributed by atoms with van der Waals surface area (Å²) in [7, 11) is 0. The Hall–Kier alpha value is -1.56. The second-order valence-corrected chi connectivity index (χ2v) is 4.65. The van der Waals surface area contributed by atoms with E-state index in [1.165, 1.54) is 0 Å². The third kappa shape index (κ3) is 2.58. The van der Waals surface area contributed by atoms with Gasteiger partial charge in [-0.1, -0.05) is 17.3 Å². The highest BCUT2D eigenvalue weighted by Crippen LogP contribution is 2.17. The third-order valence-electron chi connectivity index (χ3n) is 2.47. The molecule has 0 aliphatic carbocycles. The molecule has 0 aliphatic rings. The number of benzene rings is 1. The van der Waals surface area contributed by atoms with Crippen molar-refractivity contribution in [3.63, 3.8) is 0 Å². The minimum absolute atomic E-state index is 0.00395. The number of aryl methyl sites for hydroxylation is 1.